The lowest BCUT2D eigenvalue weighted by Crippen LogP contribution is -2.42. The molecule has 126 valence electrons. The van der Waals surface area contributed by atoms with E-state index in [9.17, 15) is 9.59 Å². The lowest BCUT2D eigenvalue weighted by atomic mass is 10.1. The first-order valence-electron chi connectivity index (χ1n) is 8.31. The van der Waals surface area contributed by atoms with Crippen LogP contribution in [-0.4, -0.2) is 48.1 Å². The summed E-state index contributed by atoms with van der Waals surface area (Å²) < 4.78 is 5.55. The summed E-state index contributed by atoms with van der Waals surface area (Å²) in [4.78, 5) is 29.6. The van der Waals surface area contributed by atoms with Gasteiger partial charge in [0.15, 0.2) is 0 Å². The molecule has 2 aliphatic heterocycles. The third kappa shape index (κ3) is 2.95. The number of rotatable bonds is 2. The Kier molecular flexibility index (Phi) is 3.86. The molecule has 2 fully saturated rings. The number of benzene rings is 1. The number of nitrogens with zero attached hydrogens (tertiary/aromatic N) is 1. The normalized spacial score (nSPS) is 24.6. The van der Waals surface area contributed by atoms with E-state index in [1.54, 1.807) is 0 Å². The van der Waals surface area contributed by atoms with Gasteiger partial charge >= 0.3 is 0 Å². The number of pyridine rings is 1. The summed E-state index contributed by atoms with van der Waals surface area (Å²) >= 11 is 0. The van der Waals surface area contributed by atoms with Gasteiger partial charge < -0.3 is 15.0 Å². The number of aromatic amines is 1. The molecule has 0 aliphatic carbocycles. The Morgan fingerprint density at radius 3 is 2.96 bits per heavy atom. The summed E-state index contributed by atoms with van der Waals surface area (Å²) in [6.07, 6.45) is 0. The predicted molar refractivity (Wildman–Crippen MR) is 90.8 cm³/mol. The SMILES string of the molecule is Cc1ccc2[nH]c(=O)c(CN3C[C@H]4COC[C@@H](C3)C(=O)N4)cc2c1. The fraction of sp³-hybridized carbons (Fsp3) is 0.444. The van der Waals surface area contributed by atoms with Crippen molar-refractivity contribution in [2.24, 2.45) is 5.92 Å². The monoisotopic (exact) mass is 327 g/mol. The average Bonchev–Trinajstić information content (AvgIpc) is 2.77. The smallest absolute Gasteiger partial charge is 0.252 e. The van der Waals surface area contributed by atoms with Crippen molar-refractivity contribution in [3.05, 3.63) is 45.7 Å². The number of carbonyl (C=O) groups is 1. The van der Waals surface area contributed by atoms with Gasteiger partial charge in [-0.25, -0.2) is 0 Å². The number of amides is 1. The first-order valence-corrected chi connectivity index (χ1v) is 8.31. The highest BCUT2D eigenvalue weighted by Crippen LogP contribution is 2.17. The maximum atomic E-state index is 12.4. The number of hydrogen-bond acceptors (Lipinski definition) is 4. The number of aromatic nitrogens is 1. The fourth-order valence-electron chi connectivity index (χ4n) is 3.58. The molecule has 2 atom stereocenters. The largest absolute Gasteiger partial charge is 0.378 e. The van der Waals surface area contributed by atoms with Crippen molar-refractivity contribution in [2.45, 2.75) is 19.5 Å². The molecule has 0 radical (unpaired) electrons. The predicted octanol–water partition coefficient (Wildman–Crippen LogP) is 0.783. The van der Waals surface area contributed by atoms with Crippen molar-refractivity contribution in [2.75, 3.05) is 26.3 Å². The molecule has 24 heavy (non-hydrogen) atoms. The minimum atomic E-state index is -0.167. The molecule has 2 saturated heterocycles. The average molecular weight is 327 g/mol. The Labute approximate surface area is 139 Å². The van der Waals surface area contributed by atoms with Gasteiger partial charge in [-0.3, -0.25) is 14.5 Å². The molecule has 1 aromatic heterocycles. The van der Waals surface area contributed by atoms with E-state index in [2.05, 4.69) is 21.3 Å². The standard InChI is InChI=1S/C18H21N3O3/c1-11-2-3-16-12(4-11)5-13(17(22)20-16)6-21-7-14-9-24-10-15(8-21)19-18(14)23/h2-5,14-15H,6-10H2,1H3,(H,19,23)(H,20,22)/t14-,15+/m1/s1. The Morgan fingerprint density at radius 1 is 1.21 bits per heavy atom. The minimum absolute atomic E-state index is 0.00761. The van der Waals surface area contributed by atoms with Crippen molar-refractivity contribution in [3.8, 4) is 0 Å². The van der Waals surface area contributed by atoms with Crippen LogP contribution >= 0.6 is 0 Å². The van der Waals surface area contributed by atoms with Crippen LogP contribution in [0.2, 0.25) is 0 Å². The van der Waals surface area contributed by atoms with E-state index in [0.717, 1.165) is 22.0 Å². The second-order valence-corrected chi connectivity index (χ2v) is 6.85. The van der Waals surface area contributed by atoms with E-state index in [1.165, 1.54) is 0 Å². The first kappa shape index (κ1) is 15.4. The van der Waals surface area contributed by atoms with E-state index in [4.69, 9.17) is 4.74 Å². The van der Waals surface area contributed by atoms with Crippen LogP contribution < -0.4 is 10.9 Å². The fourth-order valence-corrected chi connectivity index (χ4v) is 3.58. The molecule has 0 unspecified atom stereocenters. The first-order chi connectivity index (χ1) is 11.6. The second-order valence-electron chi connectivity index (χ2n) is 6.85. The molecular formula is C18H21N3O3. The van der Waals surface area contributed by atoms with E-state index in [0.29, 0.717) is 32.8 Å². The molecule has 2 aromatic rings. The number of aryl methyl sites for hydroxylation is 1. The summed E-state index contributed by atoms with van der Waals surface area (Å²) in [6, 6.07) is 7.96. The lowest BCUT2D eigenvalue weighted by Gasteiger charge is -2.27. The third-order valence-electron chi connectivity index (χ3n) is 4.78. The van der Waals surface area contributed by atoms with Crippen LogP contribution in [0.15, 0.2) is 29.1 Å². The molecular weight excluding hydrogens is 306 g/mol. The molecule has 6 heteroatoms. The summed E-state index contributed by atoms with van der Waals surface area (Å²) in [5, 5.41) is 4.06. The molecule has 6 nitrogen and oxygen atoms in total. The van der Waals surface area contributed by atoms with Crippen LogP contribution in [0, 0.1) is 12.8 Å². The maximum absolute atomic E-state index is 12.4. The van der Waals surface area contributed by atoms with Gasteiger partial charge in [-0.2, -0.15) is 0 Å². The zero-order chi connectivity index (χ0) is 16.7. The van der Waals surface area contributed by atoms with Crippen LogP contribution in [0.4, 0.5) is 0 Å². The Hall–Kier alpha value is -2.18. The van der Waals surface area contributed by atoms with E-state index in [-0.39, 0.29) is 23.4 Å². The molecule has 0 spiro atoms. The number of carbonyl (C=O) groups excluding carboxylic acids is 1. The van der Waals surface area contributed by atoms with Crippen molar-refractivity contribution in [1.29, 1.82) is 0 Å². The quantitative estimate of drug-likeness (QED) is 0.855. The minimum Gasteiger partial charge on any atom is -0.378 e. The molecule has 1 aromatic carbocycles. The van der Waals surface area contributed by atoms with Crippen molar-refractivity contribution < 1.29 is 9.53 Å². The van der Waals surface area contributed by atoms with Crippen LogP contribution in [0.1, 0.15) is 11.1 Å². The summed E-state index contributed by atoms with van der Waals surface area (Å²) in [5.41, 5.74) is 2.70. The van der Waals surface area contributed by atoms with Gasteiger partial charge in [-0.05, 0) is 30.5 Å². The van der Waals surface area contributed by atoms with E-state index >= 15 is 0 Å². The van der Waals surface area contributed by atoms with E-state index < -0.39 is 0 Å². The van der Waals surface area contributed by atoms with Crippen LogP contribution in [0.25, 0.3) is 10.9 Å². The summed E-state index contributed by atoms with van der Waals surface area (Å²) in [7, 11) is 0. The van der Waals surface area contributed by atoms with Gasteiger partial charge in [0.05, 0.1) is 25.2 Å². The molecule has 4 rings (SSSR count). The number of ether oxygens (including phenoxy) is 1. The van der Waals surface area contributed by atoms with Gasteiger partial charge in [0.2, 0.25) is 5.91 Å². The van der Waals surface area contributed by atoms with Crippen LogP contribution in [0.5, 0.6) is 0 Å². The highest BCUT2D eigenvalue weighted by molar-refractivity contribution is 5.80. The Morgan fingerprint density at radius 2 is 2.08 bits per heavy atom. The van der Waals surface area contributed by atoms with Crippen LogP contribution in [-0.2, 0) is 16.1 Å². The van der Waals surface area contributed by atoms with Gasteiger partial charge in [0.25, 0.3) is 5.56 Å². The second kappa shape index (κ2) is 6.03. The molecule has 2 bridgehead atoms. The Bertz CT molecular complexity index is 845. The van der Waals surface area contributed by atoms with Gasteiger partial charge in [0.1, 0.15) is 0 Å². The molecule has 2 aliphatic rings. The Balaban J connectivity index is 1.63. The number of hydrogen-bond donors (Lipinski definition) is 2. The number of fused-ring (bicyclic) bond motifs is 4. The van der Waals surface area contributed by atoms with Crippen molar-refractivity contribution in [3.63, 3.8) is 0 Å². The third-order valence-corrected chi connectivity index (χ3v) is 4.78. The van der Waals surface area contributed by atoms with Gasteiger partial charge in [-0.1, -0.05) is 11.6 Å². The topological polar surface area (TPSA) is 74.4 Å². The molecule has 2 N–H and O–H groups in total. The highest BCUT2D eigenvalue weighted by Gasteiger charge is 2.33. The number of H-pyrrole nitrogens is 1. The number of nitrogens with one attached hydrogen (secondary N) is 2. The van der Waals surface area contributed by atoms with Crippen LogP contribution in [0.3, 0.4) is 0 Å². The molecule has 0 saturated carbocycles. The molecule has 1 amide bonds. The zero-order valence-corrected chi connectivity index (χ0v) is 13.7. The molecule has 3 heterocycles. The van der Waals surface area contributed by atoms with Crippen molar-refractivity contribution >= 4 is 16.8 Å². The van der Waals surface area contributed by atoms with Gasteiger partial charge in [-0.15, -0.1) is 0 Å². The van der Waals surface area contributed by atoms with Crippen molar-refractivity contribution in [1.82, 2.24) is 15.2 Å². The van der Waals surface area contributed by atoms with E-state index in [1.807, 2.05) is 25.1 Å². The van der Waals surface area contributed by atoms with Gasteiger partial charge in [0, 0.05) is 30.7 Å². The summed E-state index contributed by atoms with van der Waals surface area (Å²) in [6.45, 7) is 4.89. The zero-order valence-electron chi connectivity index (χ0n) is 13.7. The lowest BCUT2D eigenvalue weighted by molar-refractivity contribution is -0.125. The highest BCUT2D eigenvalue weighted by atomic mass is 16.5. The summed E-state index contributed by atoms with van der Waals surface area (Å²) in [5.74, 6) is -0.109. The maximum Gasteiger partial charge on any atom is 0.252 e.